The summed E-state index contributed by atoms with van der Waals surface area (Å²) in [5.74, 6) is 0. The van der Waals surface area contributed by atoms with Crippen molar-refractivity contribution >= 4 is 29.2 Å². The number of thiocarbonyl (C=S) groups is 1. The summed E-state index contributed by atoms with van der Waals surface area (Å²) in [6.45, 7) is 2.93. The lowest BCUT2D eigenvalue weighted by molar-refractivity contribution is 0.184. The van der Waals surface area contributed by atoms with Gasteiger partial charge in [0.1, 0.15) is 4.32 Å². The molecule has 0 aromatic rings. The minimum Gasteiger partial charge on any atom is -0.385 e. The van der Waals surface area contributed by atoms with Crippen LogP contribution in [0.3, 0.4) is 0 Å². The number of thiol groups is 1. The second-order valence-electron chi connectivity index (χ2n) is 2.72. The molecule has 12 heavy (non-hydrogen) atoms. The van der Waals surface area contributed by atoms with Crippen LogP contribution in [-0.4, -0.2) is 24.1 Å². The Morgan fingerprint density at radius 2 is 2.25 bits per heavy atom. The molecule has 1 unspecified atom stereocenters. The normalized spacial score (nSPS) is 12.6. The molecule has 0 rings (SSSR count). The molecule has 0 aliphatic rings. The second-order valence-corrected chi connectivity index (χ2v) is 3.87. The fourth-order valence-electron chi connectivity index (χ4n) is 1.07. The number of ether oxygens (including phenoxy) is 1. The third-order valence-corrected chi connectivity index (χ3v) is 1.88. The largest absolute Gasteiger partial charge is 0.385 e. The van der Waals surface area contributed by atoms with Crippen LogP contribution in [0.1, 0.15) is 26.2 Å². The maximum Gasteiger partial charge on any atom is 0.130 e. The van der Waals surface area contributed by atoms with Gasteiger partial charge in [-0.25, -0.2) is 0 Å². The predicted octanol–water partition coefficient (Wildman–Crippen LogP) is 2.00. The Hall–Kier alpha value is 0.200. The Balaban J connectivity index is 3.61. The molecule has 0 radical (unpaired) electrons. The third kappa shape index (κ3) is 6.88. The van der Waals surface area contributed by atoms with E-state index in [0.29, 0.717) is 10.4 Å². The van der Waals surface area contributed by atoms with Crippen molar-refractivity contribution in [3.8, 4) is 0 Å². The Morgan fingerprint density at radius 3 is 2.67 bits per heavy atom. The van der Waals surface area contributed by atoms with Gasteiger partial charge in [-0.15, -0.1) is 12.6 Å². The Labute approximate surface area is 85.5 Å². The summed E-state index contributed by atoms with van der Waals surface area (Å²) >= 11 is 8.88. The maximum atomic E-state index is 4.99. The molecule has 0 amide bonds. The first-order valence-corrected chi connectivity index (χ1v) is 5.04. The minimum atomic E-state index is 0.417. The van der Waals surface area contributed by atoms with Crippen LogP contribution >= 0.6 is 24.8 Å². The monoisotopic (exact) mass is 207 g/mol. The lowest BCUT2D eigenvalue weighted by Gasteiger charge is -2.17. The molecule has 0 spiro atoms. The van der Waals surface area contributed by atoms with E-state index in [9.17, 15) is 0 Å². The Bertz CT molecular complexity index is 130. The maximum absolute atomic E-state index is 4.99. The highest BCUT2D eigenvalue weighted by Gasteiger charge is 2.06. The first kappa shape index (κ1) is 12.2. The van der Waals surface area contributed by atoms with E-state index >= 15 is 0 Å². The van der Waals surface area contributed by atoms with Crippen LogP contribution in [0.2, 0.25) is 0 Å². The van der Waals surface area contributed by atoms with Gasteiger partial charge < -0.3 is 10.1 Å². The van der Waals surface area contributed by atoms with Gasteiger partial charge in [-0.1, -0.05) is 25.6 Å². The van der Waals surface area contributed by atoms with E-state index in [2.05, 4.69) is 24.9 Å². The summed E-state index contributed by atoms with van der Waals surface area (Å²) in [4.78, 5) is 0. The van der Waals surface area contributed by atoms with E-state index in [1.807, 2.05) is 0 Å². The van der Waals surface area contributed by atoms with E-state index in [1.54, 1.807) is 7.11 Å². The van der Waals surface area contributed by atoms with Gasteiger partial charge in [0.05, 0.1) is 0 Å². The zero-order valence-corrected chi connectivity index (χ0v) is 9.38. The highest BCUT2D eigenvalue weighted by atomic mass is 32.1. The molecular weight excluding hydrogens is 190 g/mol. The van der Waals surface area contributed by atoms with Crippen LogP contribution in [0, 0.1) is 0 Å². The zero-order valence-electron chi connectivity index (χ0n) is 7.67. The number of hydrogen-bond acceptors (Lipinski definition) is 2. The van der Waals surface area contributed by atoms with Crippen molar-refractivity contribution in [3.05, 3.63) is 0 Å². The summed E-state index contributed by atoms with van der Waals surface area (Å²) in [6.07, 6.45) is 3.26. The molecule has 0 bridgehead atoms. The van der Waals surface area contributed by atoms with Gasteiger partial charge in [0, 0.05) is 19.8 Å². The summed E-state index contributed by atoms with van der Waals surface area (Å²) < 4.78 is 5.57. The number of methoxy groups -OCH3 is 1. The number of nitrogens with one attached hydrogen (secondary N) is 1. The molecule has 0 fully saturated rings. The molecule has 4 heteroatoms. The summed E-state index contributed by atoms with van der Waals surface area (Å²) in [5.41, 5.74) is 0. The van der Waals surface area contributed by atoms with E-state index in [-0.39, 0.29) is 0 Å². The van der Waals surface area contributed by atoms with E-state index < -0.39 is 0 Å². The minimum absolute atomic E-state index is 0.417. The topological polar surface area (TPSA) is 21.3 Å². The van der Waals surface area contributed by atoms with Crippen molar-refractivity contribution in [2.75, 3.05) is 13.7 Å². The average molecular weight is 207 g/mol. The Morgan fingerprint density at radius 1 is 1.58 bits per heavy atom. The highest BCUT2D eigenvalue weighted by molar-refractivity contribution is 8.11. The van der Waals surface area contributed by atoms with Crippen molar-refractivity contribution in [2.24, 2.45) is 0 Å². The SMILES string of the molecule is CCCC(CCOC)NC(=S)S. The van der Waals surface area contributed by atoms with Crippen LogP contribution in [0.5, 0.6) is 0 Å². The van der Waals surface area contributed by atoms with E-state index in [0.717, 1.165) is 25.9 Å². The van der Waals surface area contributed by atoms with Gasteiger partial charge in [-0.3, -0.25) is 0 Å². The van der Waals surface area contributed by atoms with Gasteiger partial charge in [-0.2, -0.15) is 0 Å². The number of hydrogen-bond donors (Lipinski definition) is 2. The van der Waals surface area contributed by atoms with Crippen LogP contribution in [-0.2, 0) is 4.74 Å². The van der Waals surface area contributed by atoms with Gasteiger partial charge in [0.25, 0.3) is 0 Å². The summed E-state index contributed by atoms with van der Waals surface area (Å²) in [6, 6.07) is 0.417. The fourth-order valence-corrected chi connectivity index (χ4v) is 1.42. The van der Waals surface area contributed by atoms with E-state index in [1.165, 1.54) is 0 Å². The molecule has 0 saturated heterocycles. The first-order chi connectivity index (χ1) is 5.70. The van der Waals surface area contributed by atoms with Crippen molar-refractivity contribution < 1.29 is 4.74 Å². The van der Waals surface area contributed by atoms with Gasteiger partial charge in [0.2, 0.25) is 0 Å². The molecule has 0 aromatic heterocycles. The van der Waals surface area contributed by atoms with Crippen molar-refractivity contribution in [1.29, 1.82) is 0 Å². The molecule has 0 saturated carbocycles. The quantitative estimate of drug-likeness (QED) is 0.514. The van der Waals surface area contributed by atoms with Crippen LogP contribution in [0.15, 0.2) is 0 Å². The molecule has 72 valence electrons. The predicted molar refractivity (Wildman–Crippen MR) is 59.9 cm³/mol. The molecular formula is C8H17NOS2. The molecule has 0 aromatic carbocycles. The van der Waals surface area contributed by atoms with Crippen LogP contribution in [0.25, 0.3) is 0 Å². The summed E-state index contributed by atoms with van der Waals surface area (Å²) in [5, 5.41) is 3.13. The van der Waals surface area contributed by atoms with E-state index in [4.69, 9.17) is 17.0 Å². The smallest absolute Gasteiger partial charge is 0.130 e. The molecule has 2 nitrogen and oxygen atoms in total. The van der Waals surface area contributed by atoms with Crippen LogP contribution in [0.4, 0.5) is 0 Å². The van der Waals surface area contributed by atoms with Gasteiger partial charge in [0.15, 0.2) is 0 Å². The molecule has 0 heterocycles. The third-order valence-electron chi connectivity index (χ3n) is 1.64. The van der Waals surface area contributed by atoms with Crippen LogP contribution < -0.4 is 5.32 Å². The van der Waals surface area contributed by atoms with Gasteiger partial charge in [-0.05, 0) is 12.8 Å². The molecule has 0 aliphatic carbocycles. The lowest BCUT2D eigenvalue weighted by atomic mass is 10.1. The highest BCUT2D eigenvalue weighted by Crippen LogP contribution is 2.02. The lowest BCUT2D eigenvalue weighted by Crippen LogP contribution is -2.31. The molecule has 0 aliphatic heterocycles. The molecule has 1 atom stereocenters. The average Bonchev–Trinajstić information content (AvgIpc) is 2.00. The summed E-state index contributed by atoms with van der Waals surface area (Å²) in [7, 11) is 1.71. The fraction of sp³-hybridized carbons (Fsp3) is 0.875. The van der Waals surface area contributed by atoms with Crippen molar-refractivity contribution in [1.82, 2.24) is 5.32 Å². The second kappa shape index (κ2) is 7.83. The zero-order chi connectivity index (χ0) is 9.40. The Kier molecular flexibility index (Phi) is 7.96. The first-order valence-electron chi connectivity index (χ1n) is 4.19. The molecule has 1 N–H and O–H groups in total. The standard InChI is InChI=1S/C8H17NOS2/c1-3-4-7(5-6-10-2)9-8(11)12/h7H,3-6H2,1-2H3,(H2,9,11,12). The number of rotatable bonds is 6. The van der Waals surface area contributed by atoms with Gasteiger partial charge >= 0.3 is 0 Å². The van der Waals surface area contributed by atoms with Crippen molar-refractivity contribution in [2.45, 2.75) is 32.2 Å². The van der Waals surface area contributed by atoms with Crippen molar-refractivity contribution in [3.63, 3.8) is 0 Å².